The zero-order valence-electron chi connectivity index (χ0n) is 15.7. The number of carbonyl (C=O) groups excluding carboxylic acids is 2. The van der Waals surface area contributed by atoms with Crippen LogP contribution in [-0.2, 0) is 16.1 Å². The van der Waals surface area contributed by atoms with Crippen LogP contribution in [-0.4, -0.2) is 24.5 Å². The fourth-order valence-electron chi connectivity index (χ4n) is 2.60. The summed E-state index contributed by atoms with van der Waals surface area (Å²) in [5, 5.41) is 5.24. The van der Waals surface area contributed by atoms with Crippen LogP contribution in [0.4, 0.5) is 0 Å². The third kappa shape index (κ3) is 5.65. The molecular weight excluding hydrogens is 332 g/mol. The molecule has 2 aromatic rings. The minimum atomic E-state index is -0.697. The van der Waals surface area contributed by atoms with E-state index < -0.39 is 6.10 Å². The van der Waals surface area contributed by atoms with Crippen LogP contribution < -0.4 is 15.4 Å². The van der Waals surface area contributed by atoms with Crippen molar-refractivity contribution in [2.45, 2.75) is 46.3 Å². The molecule has 0 fully saturated rings. The van der Waals surface area contributed by atoms with Crippen molar-refractivity contribution in [1.29, 1.82) is 0 Å². The lowest BCUT2D eigenvalue weighted by Gasteiger charge is -2.17. The zero-order chi connectivity index (χ0) is 19.1. The average Bonchev–Trinajstić information content (AvgIpc) is 3.11. The molecule has 0 saturated carbocycles. The number of hydrogen-bond acceptors (Lipinski definition) is 4. The number of hydrogen-bond donors (Lipinski definition) is 2. The standard InChI is InChI=1S/C20H26N2O4/c1-13(2)18-8-7-16(10-14(18)3)26-15(4)20(24)22-12-19(23)21-11-17-6-5-9-25-17/h5-10,13,15H,11-12H2,1-4H3,(H,21,23)(H,22,24). The first-order valence-corrected chi connectivity index (χ1v) is 8.70. The second-order valence-corrected chi connectivity index (χ2v) is 6.51. The van der Waals surface area contributed by atoms with Crippen LogP contribution in [0.1, 0.15) is 43.6 Å². The maximum Gasteiger partial charge on any atom is 0.261 e. The molecule has 2 N–H and O–H groups in total. The molecule has 1 aromatic heterocycles. The highest BCUT2D eigenvalue weighted by Gasteiger charge is 2.16. The van der Waals surface area contributed by atoms with E-state index in [1.165, 1.54) is 11.8 Å². The molecule has 6 nitrogen and oxygen atoms in total. The number of aryl methyl sites for hydroxylation is 1. The van der Waals surface area contributed by atoms with Gasteiger partial charge in [0.05, 0.1) is 19.4 Å². The fourth-order valence-corrected chi connectivity index (χ4v) is 2.60. The van der Waals surface area contributed by atoms with Crippen LogP contribution >= 0.6 is 0 Å². The van der Waals surface area contributed by atoms with Crippen LogP contribution in [0, 0.1) is 6.92 Å². The summed E-state index contributed by atoms with van der Waals surface area (Å²) in [4.78, 5) is 23.9. The smallest absolute Gasteiger partial charge is 0.261 e. The molecular formula is C20H26N2O4. The SMILES string of the molecule is Cc1cc(OC(C)C(=O)NCC(=O)NCc2ccco2)ccc1C(C)C. The van der Waals surface area contributed by atoms with Crippen LogP contribution in [0.5, 0.6) is 5.75 Å². The molecule has 0 spiro atoms. The Kier molecular flexibility index (Phi) is 6.83. The van der Waals surface area contributed by atoms with Crippen LogP contribution in [0.2, 0.25) is 0 Å². The number of ether oxygens (including phenoxy) is 1. The van der Waals surface area contributed by atoms with Gasteiger partial charge >= 0.3 is 0 Å². The van der Waals surface area contributed by atoms with E-state index in [0.717, 1.165) is 5.56 Å². The van der Waals surface area contributed by atoms with Gasteiger partial charge in [0.25, 0.3) is 5.91 Å². The summed E-state index contributed by atoms with van der Waals surface area (Å²) in [6, 6.07) is 9.32. The Balaban J connectivity index is 1.78. The van der Waals surface area contributed by atoms with Crippen molar-refractivity contribution in [3.8, 4) is 5.75 Å². The summed E-state index contributed by atoms with van der Waals surface area (Å²) >= 11 is 0. The van der Waals surface area contributed by atoms with Crippen molar-refractivity contribution in [3.63, 3.8) is 0 Å². The Labute approximate surface area is 153 Å². The number of nitrogens with one attached hydrogen (secondary N) is 2. The second-order valence-electron chi connectivity index (χ2n) is 6.51. The molecule has 0 aliphatic heterocycles. The fraction of sp³-hybridized carbons (Fsp3) is 0.400. The monoisotopic (exact) mass is 358 g/mol. The molecule has 0 aliphatic rings. The minimum Gasteiger partial charge on any atom is -0.481 e. The van der Waals surface area contributed by atoms with Crippen molar-refractivity contribution in [1.82, 2.24) is 10.6 Å². The highest BCUT2D eigenvalue weighted by molar-refractivity contribution is 5.86. The first kappa shape index (κ1) is 19.6. The Morgan fingerprint density at radius 2 is 1.92 bits per heavy atom. The summed E-state index contributed by atoms with van der Waals surface area (Å²) < 4.78 is 10.8. The third-order valence-electron chi connectivity index (χ3n) is 4.01. The molecule has 140 valence electrons. The van der Waals surface area contributed by atoms with Crippen LogP contribution in [0.3, 0.4) is 0 Å². The number of amides is 2. The van der Waals surface area contributed by atoms with Gasteiger partial charge in [0.1, 0.15) is 11.5 Å². The molecule has 1 heterocycles. The molecule has 1 atom stereocenters. The van der Waals surface area contributed by atoms with E-state index in [4.69, 9.17) is 9.15 Å². The molecule has 0 aliphatic carbocycles. The van der Waals surface area contributed by atoms with E-state index in [9.17, 15) is 9.59 Å². The zero-order valence-corrected chi connectivity index (χ0v) is 15.7. The largest absolute Gasteiger partial charge is 0.481 e. The lowest BCUT2D eigenvalue weighted by Crippen LogP contribution is -2.42. The highest BCUT2D eigenvalue weighted by Crippen LogP contribution is 2.24. The third-order valence-corrected chi connectivity index (χ3v) is 4.01. The number of rotatable bonds is 8. The van der Waals surface area contributed by atoms with Crippen molar-refractivity contribution < 1.29 is 18.7 Å². The van der Waals surface area contributed by atoms with Gasteiger partial charge in [-0.2, -0.15) is 0 Å². The van der Waals surface area contributed by atoms with Crippen molar-refractivity contribution in [2.75, 3.05) is 6.54 Å². The predicted octanol–water partition coefficient (Wildman–Crippen LogP) is 2.91. The molecule has 1 aromatic carbocycles. The predicted molar refractivity (Wildman–Crippen MR) is 98.9 cm³/mol. The van der Waals surface area contributed by atoms with Gasteiger partial charge in [0.2, 0.25) is 5.91 Å². The lowest BCUT2D eigenvalue weighted by molar-refractivity contribution is -0.130. The van der Waals surface area contributed by atoms with E-state index in [2.05, 4.69) is 24.5 Å². The Morgan fingerprint density at radius 3 is 2.54 bits per heavy atom. The van der Waals surface area contributed by atoms with Gasteiger partial charge in [0, 0.05) is 0 Å². The highest BCUT2D eigenvalue weighted by atomic mass is 16.5. The summed E-state index contributed by atoms with van der Waals surface area (Å²) in [5.41, 5.74) is 2.38. The van der Waals surface area contributed by atoms with E-state index in [-0.39, 0.29) is 24.9 Å². The van der Waals surface area contributed by atoms with Gasteiger partial charge < -0.3 is 19.8 Å². The van der Waals surface area contributed by atoms with Gasteiger partial charge in [-0.3, -0.25) is 9.59 Å². The van der Waals surface area contributed by atoms with Crippen LogP contribution in [0.15, 0.2) is 41.0 Å². The molecule has 2 amide bonds. The molecule has 2 rings (SSSR count). The minimum absolute atomic E-state index is 0.113. The maximum atomic E-state index is 12.1. The molecule has 1 unspecified atom stereocenters. The van der Waals surface area contributed by atoms with Gasteiger partial charge in [-0.1, -0.05) is 19.9 Å². The van der Waals surface area contributed by atoms with Gasteiger partial charge in [0.15, 0.2) is 6.10 Å². The summed E-state index contributed by atoms with van der Waals surface area (Å²) in [6.07, 6.45) is 0.842. The quantitative estimate of drug-likeness (QED) is 0.760. The second kappa shape index (κ2) is 9.08. The lowest BCUT2D eigenvalue weighted by atomic mass is 9.98. The normalized spacial score (nSPS) is 11.9. The topological polar surface area (TPSA) is 80.6 Å². The Bertz CT molecular complexity index is 738. The van der Waals surface area contributed by atoms with Crippen molar-refractivity contribution in [3.05, 3.63) is 53.5 Å². The van der Waals surface area contributed by atoms with E-state index in [1.807, 2.05) is 25.1 Å². The number of carbonyl (C=O) groups is 2. The Hall–Kier alpha value is -2.76. The average molecular weight is 358 g/mol. The van der Waals surface area contributed by atoms with Gasteiger partial charge in [-0.15, -0.1) is 0 Å². The molecule has 26 heavy (non-hydrogen) atoms. The van der Waals surface area contributed by atoms with Crippen LogP contribution in [0.25, 0.3) is 0 Å². The molecule has 0 bridgehead atoms. The van der Waals surface area contributed by atoms with Crippen molar-refractivity contribution in [2.24, 2.45) is 0 Å². The summed E-state index contributed by atoms with van der Waals surface area (Å²) in [5.74, 6) is 1.09. The van der Waals surface area contributed by atoms with Gasteiger partial charge in [-0.25, -0.2) is 0 Å². The maximum absolute atomic E-state index is 12.1. The van der Waals surface area contributed by atoms with E-state index in [1.54, 1.807) is 19.1 Å². The first-order chi connectivity index (χ1) is 12.4. The first-order valence-electron chi connectivity index (χ1n) is 8.70. The summed E-state index contributed by atoms with van der Waals surface area (Å²) in [6.45, 7) is 8.12. The van der Waals surface area contributed by atoms with Gasteiger partial charge in [-0.05, 0) is 55.2 Å². The molecule has 6 heteroatoms. The molecule has 0 saturated heterocycles. The molecule has 0 radical (unpaired) electrons. The summed E-state index contributed by atoms with van der Waals surface area (Å²) in [7, 11) is 0. The number of benzene rings is 1. The Morgan fingerprint density at radius 1 is 1.15 bits per heavy atom. The van der Waals surface area contributed by atoms with Crippen molar-refractivity contribution >= 4 is 11.8 Å². The van der Waals surface area contributed by atoms with E-state index >= 15 is 0 Å². The van der Waals surface area contributed by atoms with E-state index in [0.29, 0.717) is 17.4 Å². The number of furan rings is 1.